The highest BCUT2D eigenvalue weighted by Crippen LogP contribution is 2.32. The van der Waals surface area contributed by atoms with Gasteiger partial charge in [0, 0.05) is 23.9 Å². The van der Waals surface area contributed by atoms with Gasteiger partial charge in [-0.25, -0.2) is 0 Å². The van der Waals surface area contributed by atoms with Crippen LogP contribution in [0.2, 0.25) is 0 Å². The number of amides is 1. The Kier molecular flexibility index (Phi) is 3.60. The van der Waals surface area contributed by atoms with Crippen molar-refractivity contribution in [2.45, 2.75) is 25.8 Å². The first-order valence-corrected chi connectivity index (χ1v) is 7.22. The number of likely N-dealkylation sites (tertiary alicyclic amines) is 1. The molecule has 1 aromatic carbocycles. The van der Waals surface area contributed by atoms with Crippen LogP contribution in [0.25, 0.3) is 0 Å². The molecule has 2 aromatic rings. The molecule has 1 saturated heterocycles. The van der Waals surface area contributed by atoms with E-state index < -0.39 is 0 Å². The molecule has 1 aliphatic heterocycles. The van der Waals surface area contributed by atoms with Crippen molar-refractivity contribution in [2.75, 3.05) is 6.54 Å². The summed E-state index contributed by atoms with van der Waals surface area (Å²) in [5.74, 6) is 0.0574. The van der Waals surface area contributed by atoms with E-state index in [-0.39, 0.29) is 17.5 Å². The molecule has 4 nitrogen and oxygen atoms in total. The molecule has 21 heavy (non-hydrogen) atoms. The van der Waals surface area contributed by atoms with Gasteiger partial charge in [-0.2, -0.15) is 0 Å². The maximum Gasteiger partial charge on any atom is 0.254 e. The summed E-state index contributed by atoms with van der Waals surface area (Å²) in [5, 5.41) is 0. The molecule has 1 fully saturated rings. The third kappa shape index (κ3) is 2.61. The zero-order valence-electron chi connectivity index (χ0n) is 12.0. The number of pyridine rings is 1. The molecule has 4 heteroatoms. The van der Waals surface area contributed by atoms with Crippen LogP contribution in [0.3, 0.4) is 0 Å². The van der Waals surface area contributed by atoms with Gasteiger partial charge in [-0.1, -0.05) is 18.2 Å². The second-order valence-electron chi connectivity index (χ2n) is 5.47. The summed E-state index contributed by atoms with van der Waals surface area (Å²) in [6.45, 7) is 2.55. The number of aromatic nitrogens is 1. The maximum atomic E-state index is 12.6. The van der Waals surface area contributed by atoms with E-state index in [9.17, 15) is 9.59 Å². The highest BCUT2D eigenvalue weighted by atomic mass is 16.2. The predicted molar refractivity (Wildman–Crippen MR) is 81.3 cm³/mol. The fourth-order valence-corrected chi connectivity index (χ4v) is 2.92. The average Bonchev–Trinajstić information content (AvgIpc) is 2.99. The number of carbonyl (C=O) groups is 1. The zero-order valence-corrected chi connectivity index (χ0v) is 12.0. The number of hydrogen-bond donors (Lipinski definition) is 1. The molecule has 0 bridgehead atoms. The van der Waals surface area contributed by atoms with Crippen LogP contribution in [-0.2, 0) is 0 Å². The first-order chi connectivity index (χ1) is 10.2. The van der Waals surface area contributed by atoms with E-state index in [4.69, 9.17) is 0 Å². The quantitative estimate of drug-likeness (QED) is 0.920. The smallest absolute Gasteiger partial charge is 0.254 e. The number of H-pyrrole nitrogens is 1. The lowest BCUT2D eigenvalue weighted by molar-refractivity contribution is 0.0735. The molecular formula is C17H18N2O2. The van der Waals surface area contributed by atoms with Crippen LogP contribution >= 0.6 is 0 Å². The zero-order chi connectivity index (χ0) is 14.8. The largest absolute Gasteiger partial charge is 0.332 e. The molecule has 1 N–H and O–H groups in total. The summed E-state index contributed by atoms with van der Waals surface area (Å²) in [7, 11) is 0. The van der Waals surface area contributed by atoms with Crippen LogP contribution < -0.4 is 5.56 Å². The number of nitrogens with zero attached hydrogens (tertiary/aromatic N) is 1. The average molecular weight is 282 g/mol. The van der Waals surface area contributed by atoms with Crippen molar-refractivity contribution in [3.8, 4) is 0 Å². The minimum Gasteiger partial charge on any atom is -0.332 e. The summed E-state index contributed by atoms with van der Waals surface area (Å²) in [5.41, 5.74) is 2.34. The van der Waals surface area contributed by atoms with E-state index in [1.807, 2.05) is 41.3 Å². The summed E-state index contributed by atoms with van der Waals surface area (Å²) in [6.07, 6.45) is 3.65. The monoisotopic (exact) mass is 282 g/mol. The van der Waals surface area contributed by atoms with Gasteiger partial charge < -0.3 is 9.88 Å². The Hall–Kier alpha value is -2.36. The fraction of sp³-hybridized carbons (Fsp3) is 0.294. The first kappa shape index (κ1) is 13.6. The van der Waals surface area contributed by atoms with Crippen molar-refractivity contribution in [2.24, 2.45) is 0 Å². The Balaban J connectivity index is 1.90. The van der Waals surface area contributed by atoms with Gasteiger partial charge in [0.05, 0.1) is 6.04 Å². The summed E-state index contributed by atoms with van der Waals surface area (Å²) >= 11 is 0. The second-order valence-corrected chi connectivity index (χ2v) is 5.47. The number of benzene rings is 1. The molecular weight excluding hydrogens is 264 g/mol. The molecule has 0 spiro atoms. The van der Waals surface area contributed by atoms with Crippen LogP contribution in [0.1, 0.15) is 40.4 Å². The van der Waals surface area contributed by atoms with Crippen molar-refractivity contribution in [3.05, 3.63) is 69.6 Å². The lowest BCUT2D eigenvalue weighted by Crippen LogP contribution is -2.31. The van der Waals surface area contributed by atoms with Crippen molar-refractivity contribution in [3.63, 3.8) is 0 Å². The normalized spacial score (nSPS) is 18.0. The van der Waals surface area contributed by atoms with Gasteiger partial charge in [-0.3, -0.25) is 9.59 Å². The highest BCUT2D eigenvalue weighted by molar-refractivity contribution is 5.94. The number of hydrogen-bond acceptors (Lipinski definition) is 2. The molecule has 3 rings (SSSR count). The molecule has 1 aliphatic rings. The van der Waals surface area contributed by atoms with E-state index in [1.165, 1.54) is 0 Å². The van der Waals surface area contributed by atoms with Gasteiger partial charge in [0.15, 0.2) is 0 Å². The lowest BCUT2D eigenvalue weighted by Gasteiger charge is -2.25. The molecule has 0 radical (unpaired) electrons. The van der Waals surface area contributed by atoms with E-state index in [1.54, 1.807) is 13.1 Å². The molecule has 2 heterocycles. The van der Waals surface area contributed by atoms with Gasteiger partial charge >= 0.3 is 0 Å². The van der Waals surface area contributed by atoms with E-state index in [2.05, 4.69) is 4.98 Å². The Morgan fingerprint density at radius 1 is 1.29 bits per heavy atom. The molecule has 108 valence electrons. The molecule has 1 aromatic heterocycles. The maximum absolute atomic E-state index is 12.6. The minimum atomic E-state index is -0.0716. The van der Waals surface area contributed by atoms with Crippen molar-refractivity contribution >= 4 is 5.91 Å². The molecule has 1 unspecified atom stereocenters. The standard InChI is InChI=1S/C17H18N2O2/c1-12-10-14(11-18-16(12)20)15-8-5-9-19(15)17(21)13-6-3-2-4-7-13/h2-4,6-7,10-11,15H,5,8-9H2,1H3,(H,18,20). The van der Waals surface area contributed by atoms with Crippen LogP contribution in [0.15, 0.2) is 47.4 Å². The second kappa shape index (κ2) is 5.56. The van der Waals surface area contributed by atoms with Crippen molar-refractivity contribution in [1.29, 1.82) is 0 Å². The third-order valence-electron chi connectivity index (χ3n) is 4.03. The summed E-state index contributed by atoms with van der Waals surface area (Å²) < 4.78 is 0. The van der Waals surface area contributed by atoms with Crippen LogP contribution in [-0.4, -0.2) is 22.3 Å². The van der Waals surface area contributed by atoms with Gasteiger partial charge in [0.25, 0.3) is 11.5 Å². The number of rotatable bonds is 2. The Bertz CT molecular complexity index is 706. The molecule has 1 amide bonds. The number of carbonyl (C=O) groups excluding carboxylic acids is 1. The molecule has 0 aliphatic carbocycles. The third-order valence-corrected chi connectivity index (χ3v) is 4.03. The van der Waals surface area contributed by atoms with E-state index in [0.29, 0.717) is 11.1 Å². The van der Waals surface area contributed by atoms with Crippen LogP contribution in [0, 0.1) is 6.92 Å². The first-order valence-electron chi connectivity index (χ1n) is 7.22. The summed E-state index contributed by atoms with van der Waals surface area (Å²) in [4.78, 5) is 28.8. The predicted octanol–water partition coefficient (Wildman–Crippen LogP) is 2.66. The Morgan fingerprint density at radius 2 is 2.05 bits per heavy atom. The fourth-order valence-electron chi connectivity index (χ4n) is 2.92. The van der Waals surface area contributed by atoms with Crippen LogP contribution in [0.4, 0.5) is 0 Å². The Morgan fingerprint density at radius 3 is 2.76 bits per heavy atom. The van der Waals surface area contributed by atoms with Crippen molar-refractivity contribution < 1.29 is 4.79 Å². The van der Waals surface area contributed by atoms with E-state index >= 15 is 0 Å². The van der Waals surface area contributed by atoms with Gasteiger partial charge in [-0.05, 0) is 43.5 Å². The number of nitrogens with one attached hydrogen (secondary N) is 1. The van der Waals surface area contributed by atoms with Gasteiger partial charge in [0.2, 0.25) is 0 Å². The highest BCUT2D eigenvalue weighted by Gasteiger charge is 2.30. The number of aryl methyl sites for hydroxylation is 1. The molecule has 1 atom stereocenters. The summed E-state index contributed by atoms with van der Waals surface area (Å²) in [6, 6.07) is 11.3. The molecule has 0 saturated carbocycles. The van der Waals surface area contributed by atoms with E-state index in [0.717, 1.165) is 24.9 Å². The van der Waals surface area contributed by atoms with Gasteiger partial charge in [0.1, 0.15) is 0 Å². The minimum absolute atomic E-state index is 0.0493. The van der Waals surface area contributed by atoms with Crippen molar-refractivity contribution in [1.82, 2.24) is 9.88 Å². The van der Waals surface area contributed by atoms with Gasteiger partial charge in [-0.15, -0.1) is 0 Å². The topological polar surface area (TPSA) is 53.2 Å². The lowest BCUT2D eigenvalue weighted by atomic mass is 10.0. The SMILES string of the molecule is Cc1cc(C2CCCN2C(=O)c2ccccc2)c[nH]c1=O. The Labute approximate surface area is 123 Å². The number of aromatic amines is 1. The van der Waals surface area contributed by atoms with Crippen LogP contribution in [0.5, 0.6) is 0 Å².